The van der Waals surface area contributed by atoms with Crippen LogP contribution >= 0.6 is 22.7 Å². The third kappa shape index (κ3) is 8.67. The molecule has 2 radical (unpaired) electrons. The summed E-state index contributed by atoms with van der Waals surface area (Å²) in [5.41, 5.74) is 0. The van der Waals surface area contributed by atoms with Crippen LogP contribution in [0, 0.1) is 11.8 Å². The maximum absolute atomic E-state index is 6.88. The van der Waals surface area contributed by atoms with Gasteiger partial charge in [0.15, 0.2) is 0 Å². The average molecular weight is 770 g/mol. The summed E-state index contributed by atoms with van der Waals surface area (Å²) in [6, 6.07) is 5.00. The molecule has 2 unspecified atom stereocenters. The average Bonchev–Trinajstić information content (AvgIpc) is 3.53. The summed E-state index contributed by atoms with van der Waals surface area (Å²) in [7, 11) is 0. The fraction of sp³-hybridized carbons (Fsp3) is 0.688. The van der Waals surface area contributed by atoms with Gasteiger partial charge in [-0.2, -0.15) is 0 Å². The van der Waals surface area contributed by atoms with E-state index in [4.69, 9.17) is 9.47 Å². The summed E-state index contributed by atoms with van der Waals surface area (Å²) in [6.45, 7) is 13.3. The van der Waals surface area contributed by atoms with Crippen LogP contribution in [0.4, 0.5) is 0 Å². The van der Waals surface area contributed by atoms with Gasteiger partial charge in [0.25, 0.3) is 0 Å². The molecule has 0 fully saturated rings. The molecule has 2 atom stereocenters. The van der Waals surface area contributed by atoms with Crippen LogP contribution in [-0.4, -0.2) is 52.7 Å². The summed E-state index contributed by atoms with van der Waals surface area (Å²) < 4.78 is 20.8. The van der Waals surface area contributed by atoms with E-state index in [-0.39, 0.29) is 21.1 Å². The molecule has 0 bridgehead atoms. The molecule has 38 heavy (non-hydrogen) atoms. The van der Waals surface area contributed by atoms with Crippen molar-refractivity contribution >= 4 is 85.3 Å². The number of unbranched alkanes of at least 4 members (excludes halogenated alkanes) is 2. The van der Waals surface area contributed by atoms with E-state index in [1.165, 1.54) is 80.4 Å². The number of benzene rings is 1. The van der Waals surface area contributed by atoms with E-state index in [1.807, 2.05) is 22.7 Å². The van der Waals surface area contributed by atoms with Crippen LogP contribution in [0.15, 0.2) is 12.1 Å². The Morgan fingerprint density at radius 3 is 1.76 bits per heavy atom. The van der Waals surface area contributed by atoms with Crippen molar-refractivity contribution < 1.29 is 9.47 Å². The molecule has 2 heterocycles. The molecule has 212 valence electrons. The van der Waals surface area contributed by atoms with Crippen LogP contribution in [0.2, 0.25) is 19.3 Å². The van der Waals surface area contributed by atoms with Crippen LogP contribution < -0.4 is 12.4 Å². The Morgan fingerprint density at radius 2 is 1.29 bits per heavy atom. The zero-order chi connectivity index (χ0) is 27.7. The van der Waals surface area contributed by atoms with Crippen molar-refractivity contribution in [2.45, 2.75) is 110 Å². The molecule has 0 aliphatic heterocycles. The Hall–Kier alpha value is 0.337. The molecule has 3 rings (SSSR count). The molecule has 1 aromatic carbocycles. The van der Waals surface area contributed by atoms with Gasteiger partial charge < -0.3 is 0 Å². The van der Waals surface area contributed by atoms with Gasteiger partial charge >= 0.3 is 258 Å². The Morgan fingerprint density at radius 1 is 0.763 bits per heavy atom. The maximum atomic E-state index is 6.88. The first kappa shape index (κ1) is 32.8. The van der Waals surface area contributed by atoms with Gasteiger partial charge in [-0.25, -0.2) is 0 Å². The molecule has 0 amide bonds. The second kappa shape index (κ2) is 16.1. The minimum atomic E-state index is -2.27. The molecule has 3 aromatic rings. The quantitative estimate of drug-likeness (QED) is 0.120. The number of rotatable bonds is 18. The van der Waals surface area contributed by atoms with Crippen LogP contribution in [0.3, 0.4) is 0 Å². The third-order valence-electron chi connectivity index (χ3n) is 7.72. The predicted octanol–water partition coefficient (Wildman–Crippen LogP) is 10.5. The molecule has 0 spiro atoms. The second-order valence-corrected chi connectivity index (χ2v) is 34.0. The van der Waals surface area contributed by atoms with E-state index in [1.54, 1.807) is 7.77 Å². The van der Waals surface area contributed by atoms with Gasteiger partial charge in [0, 0.05) is 0 Å². The van der Waals surface area contributed by atoms with Crippen molar-refractivity contribution in [3.63, 3.8) is 0 Å². The fourth-order valence-electron chi connectivity index (χ4n) is 4.94. The predicted molar refractivity (Wildman–Crippen MR) is 178 cm³/mol. The number of fused-ring (bicyclic) bond motifs is 2. The zero-order valence-electron chi connectivity index (χ0n) is 25.4. The first-order valence-electron chi connectivity index (χ1n) is 15.3. The number of thiophene rings is 2. The van der Waals surface area contributed by atoms with Crippen molar-refractivity contribution in [3.05, 3.63) is 17.0 Å². The first-order valence-corrected chi connectivity index (χ1v) is 30.9. The Bertz CT molecular complexity index is 1050. The normalized spacial score (nSPS) is 13.9. The molecule has 0 saturated heterocycles. The van der Waals surface area contributed by atoms with E-state index in [9.17, 15) is 0 Å². The van der Waals surface area contributed by atoms with E-state index in [0.29, 0.717) is 11.8 Å². The van der Waals surface area contributed by atoms with Crippen LogP contribution in [0.5, 0.6) is 11.5 Å². The van der Waals surface area contributed by atoms with Gasteiger partial charge in [0.1, 0.15) is 0 Å². The van der Waals surface area contributed by atoms with Crippen molar-refractivity contribution in [2.24, 2.45) is 11.8 Å². The van der Waals surface area contributed by atoms with E-state index < -0.39 is 18.4 Å². The topological polar surface area (TPSA) is 18.5 Å². The minimum absolute atomic E-state index is 0.326. The molecular formula is C32H52O2S2Sn2. The summed E-state index contributed by atoms with van der Waals surface area (Å²) in [5, 5.41) is 2.65. The van der Waals surface area contributed by atoms with Gasteiger partial charge in [0.05, 0.1) is 0 Å². The number of ether oxygens (including phenoxy) is 2. The van der Waals surface area contributed by atoms with E-state index in [0.717, 1.165) is 24.7 Å². The molecule has 0 aliphatic carbocycles. The second-order valence-electron chi connectivity index (χ2n) is 12.0. The van der Waals surface area contributed by atoms with Crippen molar-refractivity contribution in [3.8, 4) is 11.5 Å². The fourth-order valence-corrected chi connectivity index (χ4v) is 15.4. The summed E-state index contributed by atoms with van der Waals surface area (Å²) in [4.78, 5) is 9.15. The Kier molecular flexibility index (Phi) is 13.9. The first-order chi connectivity index (χ1) is 18.3. The van der Waals surface area contributed by atoms with Crippen LogP contribution in [0.25, 0.3) is 20.2 Å². The third-order valence-corrected chi connectivity index (χ3v) is 23.4. The van der Waals surface area contributed by atoms with Gasteiger partial charge in [-0.1, -0.05) is 0 Å². The van der Waals surface area contributed by atoms with Gasteiger partial charge in [-0.05, 0) is 0 Å². The summed E-state index contributed by atoms with van der Waals surface area (Å²) >= 11 is 1.43. The molecule has 0 saturated carbocycles. The van der Waals surface area contributed by atoms with Gasteiger partial charge in [-0.3, -0.25) is 0 Å². The Balaban J connectivity index is 2.13. The standard InChI is InChI=1S/C27H38O2S2.C2H5.3CH3.2Sn/c1-6-10-12-20(8-3)17-28-24-22-14-15-30-26(22)25(23-16-19(5)31-27(23)24)29-18-21(9-4)13-11-7-2;1-2;;;;;/h14,16,20-21H,5-13,17-18H2,1-4H3;1H2,2H3;3*1H3;;. The SMILES string of the molecule is CCCCC(CC)COc1c2c[c]([Sn]([CH3])([CH3])[CH3])sc2c(OCC(CC)CCCC)c2cc([CH2][Sn][CH2]C)sc12. The van der Waals surface area contributed by atoms with E-state index in [2.05, 4.69) is 61.6 Å². The van der Waals surface area contributed by atoms with Crippen molar-refractivity contribution in [1.29, 1.82) is 0 Å². The van der Waals surface area contributed by atoms with Gasteiger partial charge in [0.2, 0.25) is 0 Å². The number of hydrogen-bond donors (Lipinski definition) is 0. The van der Waals surface area contributed by atoms with Crippen LogP contribution in [-0.2, 0) is 4.44 Å². The zero-order valence-corrected chi connectivity index (χ0v) is 32.8. The molecule has 6 heteroatoms. The Labute approximate surface area is 255 Å². The monoisotopic (exact) mass is 772 g/mol. The molecule has 2 aromatic heterocycles. The van der Waals surface area contributed by atoms with Crippen LogP contribution in [0.1, 0.15) is 90.9 Å². The van der Waals surface area contributed by atoms with E-state index >= 15 is 0 Å². The number of hydrogen-bond acceptors (Lipinski definition) is 4. The summed E-state index contributed by atoms with van der Waals surface area (Å²) in [5.74, 6) is 3.58. The summed E-state index contributed by atoms with van der Waals surface area (Å²) in [6.07, 6.45) is 10.0. The molecular weight excluding hydrogens is 718 g/mol. The van der Waals surface area contributed by atoms with Gasteiger partial charge in [-0.15, -0.1) is 0 Å². The molecule has 0 aliphatic rings. The molecule has 2 nitrogen and oxygen atoms in total. The molecule has 0 N–H and O–H groups in total. The van der Waals surface area contributed by atoms with Crippen molar-refractivity contribution in [1.82, 2.24) is 0 Å². The van der Waals surface area contributed by atoms with Crippen molar-refractivity contribution in [2.75, 3.05) is 13.2 Å².